The summed E-state index contributed by atoms with van der Waals surface area (Å²) in [6.07, 6.45) is -0.437. The van der Waals surface area contributed by atoms with Crippen molar-refractivity contribution in [2.75, 3.05) is 11.9 Å². The first kappa shape index (κ1) is 20.8. The van der Waals surface area contributed by atoms with E-state index in [-0.39, 0.29) is 0 Å². The summed E-state index contributed by atoms with van der Waals surface area (Å²) in [5.74, 6) is 5.95. The van der Waals surface area contributed by atoms with Gasteiger partial charge in [0.1, 0.15) is 11.2 Å². The molecule has 0 aromatic carbocycles. The Labute approximate surface area is 153 Å². The molecular weight excluding hydrogens is 340 g/mol. The fourth-order valence-corrected chi connectivity index (χ4v) is 2.30. The third kappa shape index (κ3) is 10.3. The van der Waals surface area contributed by atoms with E-state index < -0.39 is 23.4 Å². The molecule has 0 saturated carbocycles. The lowest BCUT2D eigenvalue weighted by molar-refractivity contribution is 0.0528. The summed E-state index contributed by atoms with van der Waals surface area (Å²) in [5, 5.41) is 7.84. The molecule has 1 rings (SSSR count). The van der Waals surface area contributed by atoms with Gasteiger partial charge in [-0.3, -0.25) is 5.32 Å². The molecule has 0 saturated heterocycles. The van der Waals surface area contributed by atoms with Gasteiger partial charge in [-0.2, -0.15) is 0 Å². The zero-order valence-corrected chi connectivity index (χ0v) is 16.4. The number of nitrogens with one attached hydrogen (secondary N) is 2. The van der Waals surface area contributed by atoms with Gasteiger partial charge in [0, 0.05) is 23.9 Å². The fraction of sp³-hybridized carbons (Fsp3) is 0.556. The molecule has 0 bridgehead atoms. The van der Waals surface area contributed by atoms with Gasteiger partial charge in [-0.1, -0.05) is 11.8 Å². The smallest absolute Gasteiger partial charge is 0.412 e. The van der Waals surface area contributed by atoms with Gasteiger partial charge in [-0.25, -0.2) is 9.59 Å². The molecule has 7 heteroatoms. The molecule has 1 aromatic rings. The van der Waals surface area contributed by atoms with Crippen LogP contribution in [0.2, 0.25) is 0 Å². The van der Waals surface area contributed by atoms with Crippen molar-refractivity contribution in [1.29, 1.82) is 0 Å². The maximum absolute atomic E-state index is 11.7. The number of amides is 2. The lowest BCUT2D eigenvalue weighted by Crippen LogP contribution is -2.32. The van der Waals surface area contributed by atoms with Crippen molar-refractivity contribution >= 4 is 28.5 Å². The van der Waals surface area contributed by atoms with Crippen molar-refractivity contribution in [3.05, 3.63) is 17.0 Å². The summed E-state index contributed by atoms with van der Waals surface area (Å²) < 4.78 is 10.3. The first-order valence-corrected chi connectivity index (χ1v) is 8.87. The average molecular weight is 366 g/mol. The Hall–Kier alpha value is -2.20. The second-order valence-electron chi connectivity index (χ2n) is 7.31. The van der Waals surface area contributed by atoms with Crippen molar-refractivity contribution in [3.8, 4) is 11.8 Å². The number of ether oxygens (including phenoxy) is 2. The molecule has 2 N–H and O–H groups in total. The molecule has 2 amide bonds. The number of anilines is 1. The summed E-state index contributed by atoms with van der Waals surface area (Å²) in [7, 11) is 0. The van der Waals surface area contributed by atoms with E-state index in [9.17, 15) is 9.59 Å². The van der Waals surface area contributed by atoms with Crippen LogP contribution in [0.1, 0.15) is 53.5 Å². The zero-order valence-electron chi connectivity index (χ0n) is 15.6. The van der Waals surface area contributed by atoms with Gasteiger partial charge < -0.3 is 14.8 Å². The Balaban J connectivity index is 2.38. The van der Waals surface area contributed by atoms with Gasteiger partial charge in [-0.05, 0) is 47.6 Å². The van der Waals surface area contributed by atoms with E-state index >= 15 is 0 Å². The molecule has 0 spiro atoms. The van der Waals surface area contributed by atoms with E-state index in [0.29, 0.717) is 18.0 Å². The molecule has 25 heavy (non-hydrogen) atoms. The van der Waals surface area contributed by atoms with Crippen LogP contribution in [0.4, 0.5) is 14.6 Å². The van der Waals surface area contributed by atoms with E-state index in [1.54, 1.807) is 6.07 Å². The van der Waals surface area contributed by atoms with E-state index in [4.69, 9.17) is 9.47 Å². The number of carbonyl (C=O) groups is 2. The summed E-state index contributed by atoms with van der Waals surface area (Å²) in [6, 6.07) is 1.78. The van der Waals surface area contributed by atoms with Crippen LogP contribution in [0.25, 0.3) is 0 Å². The molecule has 1 aromatic heterocycles. The van der Waals surface area contributed by atoms with Gasteiger partial charge in [0.15, 0.2) is 0 Å². The van der Waals surface area contributed by atoms with Gasteiger partial charge >= 0.3 is 12.2 Å². The lowest BCUT2D eigenvalue weighted by Gasteiger charge is -2.19. The molecule has 1 heterocycles. The summed E-state index contributed by atoms with van der Waals surface area (Å²) in [5.41, 5.74) is -0.247. The van der Waals surface area contributed by atoms with Crippen LogP contribution in [0.15, 0.2) is 11.4 Å². The van der Waals surface area contributed by atoms with Crippen LogP contribution in [0.5, 0.6) is 0 Å². The highest BCUT2D eigenvalue weighted by Crippen LogP contribution is 2.20. The van der Waals surface area contributed by atoms with Crippen LogP contribution in [-0.2, 0) is 9.47 Å². The van der Waals surface area contributed by atoms with E-state index in [1.165, 1.54) is 11.3 Å². The zero-order chi connectivity index (χ0) is 19.1. The topological polar surface area (TPSA) is 76.7 Å². The average Bonchev–Trinajstić information content (AvgIpc) is 2.81. The Kier molecular flexibility index (Phi) is 7.31. The van der Waals surface area contributed by atoms with Gasteiger partial charge in [0.05, 0.1) is 5.00 Å². The molecule has 6 nitrogen and oxygen atoms in total. The number of alkyl carbamates (subject to hydrolysis) is 1. The van der Waals surface area contributed by atoms with Crippen LogP contribution in [0.3, 0.4) is 0 Å². The quantitative estimate of drug-likeness (QED) is 0.615. The van der Waals surface area contributed by atoms with Gasteiger partial charge in [0.2, 0.25) is 0 Å². The van der Waals surface area contributed by atoms with Crippen molar-refractivity contribution in [3.63, 3.8) is 0 Å². The first-order valence-electron chi connectivity index (χ1n) is 7.99. The molecule has 0 fully saturated rings. The van der Waals surface area contributed by atoms with Gasteiger partial charge in [-0.15, -0.1) is 11.3 Å². The molecule has 0 atom stereocenters. The minimum absolute atomic E-state index is 0.412. The number of hydrogen-bond donors (Lipinski definition) is 2. The van der Waals surface area contributed by atoms with Crippen molar-refractivity contribution in [2.45, 2.75) is 59.2 Å². The maximum Gasteiger partial charge on any atom is 0.412 e. The molecular formula is C18H26N2O4S. The van der Waals surface area contributed by atoms with E-state index in [2.05, 4.69) is 22.5 Å². The van der Waals surface area contributed by atoms with Crippen LogP contribution < -0.4 is 10.6 Å². The SMILES string of the molecule is CC(C)(C)OC(=O)NCCC#Cc1csc(NC(=O)OC(C)(C)C)c1. The Morgan fingerprint density at radius 2 is 1.68 bits per heavy atom. The fourth-order valence-electron chi connectivity index (χ4n) is 1.58. The Morgan fingerprint density at radius 1 is 1.08 bits per heavy atom. The Bertz CT molecular complexity index is 657. The van der Waals surface area contributed by atoms with Crippen molar-refractivity contribution < 1.29 is 19.1 Å². The predicted octanol–water partition coefficient (Wildman–Crippen LogP) is 4.36. The molecule has 0 radical (unpaired) electrons. The Morgan fingerprint density at radius 3 is 2.28 bits per heavy atom. The number of rotatable bonds is 3. The molecule has 0 aliphatic heterocycles. The molecule has 138 valence electrons. The minimum Gasteiger partial charge on any atom is -0.444 e. The van der Waals surface area contributed by atoms with Crippen LogP contribution in [0, 0.1) is 11.8 Å². The normalized spacial score (nSPS) is 11.1. The van der Waals surface area contributed by atoms with E-state index in [1.807, 2.05) is 46.9 Å². The van der Waals surface area contributed by atoms with Crippen LogP contribution in [-0.4, -0.2) is 29.9 Å². The standard InChI is InChI=1S/C18H26N2O4S/c1-17(2,3)23-15(21)19-10-8-7-9-13-11-14(25-12-13)20-16(22)24-18(4,5)6/h11-12H,8,10H2,1-6H3,(H,19,21)(H,20,22). The lowest BCUT2D eigenvalue weighted by atomic mass is 10.2. The summed E-state index contributed by atoms with van der Waals surface area (Å²) >= 11 is 1.37. The number of thiophene rings is 1. The maximum atomic E-state index is 11.7. The molecule has 0 aliphatic rings. The second kappa shape index (κ2) is 8.77. The van der Waals surface area contributed by atoms with Crippen molar-refractivity contribution in [1.82, 2.24) is 5.32 Å². The third-order valence-electron chi connectivity index (χ3n) is 2.37. The molecule has 0 aliphatic carbocycles. The van der Waals surface area contributed by atoms with Gasteiger partial charge in [0.25, 0.3) is 0 Å². The monoisotopic (exact) mass is 366 g/mol. The summed E-state index contributed by atoms with van der Waals surface area (Å²) in [4.78, 5) is 23.1. The third-order valence-corrected chi connectivity index (χ3v) is 3.22. The highest BCUT2D eigenvalue weighted by atomic mass is 32.1. The number of carbonyl (C=O) groups excluding carboxylic acids is 2. The second-order valence-corrected chi connectivity index (χ2v) is 8.22. The number of hydrogen-bond acceptors (Lipinski definition) is 5. The largest absolute Gasteiger partial charge is 0.444 e. The highest BCUT2D eigenvalue weighted by Gasteiger charge is 2.17. The highest BCUT2D eigenvalue weighted by molar-refractivity contribution is 7.14. The predicted molar refractivity (Wildman–Crippen MR) is 99.9 cm³/mol. The molecule has 0 unspecified atom stereocenters. The first-order chi connectivity index (χ1) is 11.4. The van der Waals surface area contributed by atoms with Crippen LogP contribution >= 0.6 is 11.3 Å². The van der Waals surface area contributed by atoms with Crippen molar-refractivity contribution in [2.24, 2.45) is 0 Å². The summed E-state index contributed by atoms with van der Waals surface area (Å²) in [6.45, 7) is 11.3. The van der Waals surface area contributed by atoms with E-state index in [0.717, 1.165) is 5.56 Å². The minimum atomic E-state index is -0.537.